The highest BCUT2D eigenvalue weighted by molar-refractivity contribution is 9.10. The van der Waals surface area contributed by atoms with Crippen molar-refractivity contribution in [3.8, 4) is 11.5 Å². The van der Waals surface area contributed by atoms with E-state index < -0.39 is 0 Å². The molecule has 0 spiro atoms. The molecule has 0 saturated heterocycles. The molecule has 0 aliphatic heterocycles. The van der Waals surface area contributed by atoms with Gasteiger partial charge in [0.05, 0.1) is 16.8 Å². The van der Waals surface area contributed by atoms with Crippen LogP contribution in [0.5, 0.6) is 11.5 Å². The molecule has 1 N–H and O–H groups in total. The first-order valence-corrected chi connectivity index (χ1v) is 9.05. The topological polar surface area (TPSA) is 47.6 Å². The summed E-state index contributed by atoms with van der Waals surface area (Å²) in [4.78, 5) is 12.2. The Labute approximate surface area is 157 Å². The van der Waals surface area contributed by atoms with Gasteiger partial charge < -0.3 is 14.8 Å². The Morgan fingerprint density at radius 3 is 2.44 bits per heavy atom. The Bertz CT molecular complexity index is 738. The van der Waals surface area contributed by atoms with Crippen LogP contribution in [0, 0.1) is 0 Å². The SMILES string of the molecule is CCOc1ccccc1NC(=O)COc1ccc(C(C)(C)C)cc1Br. The van der Waals surface area contributed by atoms with Crippen molar-refractivity contribution in [1.82, 2.24) is 0 Å². The van der Waals surface area contributed by atoms with E-state index in [1.807, 2.05) is 43.3 Å². The minimum Gasteiger partial charge on any atom is -0.492 e. The number of rotatable bonds is 6. The highest BCUT2D eigenvalue weighted by Gasteiger charge is 2.16. The lowest BCUT2D eigenvalue weighted by molar-refractivity contribution is -0.118. The molecule has 5 heteroatoms. The first-order valence-electron chi connectivity index (χ1n) is 8.25. The van der Waals surface area contributed by atoms with Gasteiger partial charge in [-0.05, 0) is 58.1 Å². The molecule has 0 radical (unpaired) electrons. The van der Waals surface area contributed by atoms with Crippen LogP contribution >= 0.6 is 15.9 Å². The van der Waals surface area contributed by atoms with Gasteiger partial charge in [-0.2, -0.15) is 0 Å². The summed E-state index contributed by atoms with van der Waals surface area (Å²) in [5, 5.41) is 2.82. The number of halogens is 1. The molecule has 0 fully saturated rings. The maximum Gasteiger partial charge on any atom is 0.262 e. The molecule has 0 atom stereocenters. The van der Waals surface area contributed by atoms with Crippen molar-refractivity contribution in [1.29, 1.82) is 0 Å². The minimum atomic E-state index is -0.237. The monoisotopic (exact) mass is 405 g/mol. The number of carbonyl (C=O) groups is 1. The van der Waals surface area contributed by atoms with Crippen molar-refractivity contribution in [2.45, 2.75) is 33.1 Å². The summed E-state index contributed by atoms with van der Waals surface area (Å²) in [5.74, 6) is 1.05. The number of benzene rings is 2. The molecule has 4 nitrogen and oxygen atoms in total. The molecule has 0 heterocycles. The number of hydrogen-bond acceptors (Lipinski definition) is 3. The van der Waals surface area contributed by atoms with Crippen molar-refractivity contribution >= 4 is 27.5 Å². The number of para-hydroxylation sites is 2. The lowest BCUT2D eigenvalue weighted by Gasteiger charge is -2.20. The molecule has 0 unspecified atom stereocenters. The molecule has 2 aromatic rings. The predicted octanol–water partition coefficient (Wildman–Crippen LogP) is 5.16. The highest BCUT2D eigenvalue weighted by Crippen LogP contribution is 2.31. The van der Waals surface area contributed by atoms with Gasteiger partial charge in [0.2, 0.25) is 0 Å². The molecule has 2 aromatic carbocycles. The number of nitrogens with one attached hydrogen (secondary N) is 1. The molecular weight excluding hydrogens is 382 g/mol. The van der Waals surface area contributed by atoms with Gasteiger partial charge in [0.25, 0.3) is 5.91 Å². The van der Waals surface area contributed by atoms with E-state index in [0.29, 0.717) is 23.8 Å². The molecule has 134 valence electrons. The van der Waals surface area contributed by atoms with Gasteiger partial charge in [-0.1, -0.05) is 39.0 Å². The van der Waals surface area contributed by atoms with Crippen LogP contribution in [0.2, 0.25) is 0 Å². The van der Waals surface area contributed by atoms with Gasteiger partial charge in [-0.3, -0.25) is 4.79 Å². The third-order valence-corrected chi connectivity index (χ3v) is 4.24. The maximum absolute atomic E-state index is 12.2. The number of carbonyl (C=O) groups excluding carboxylic acids is 1. The second-order valence-electron chi connectivity index (χ2n) is 6.66. The van der Waals surface area contributed by atoms with Gasteiger partial charge in [-0.25, -0.2) is 0 Å². The first kappa shape index (κ1) is 19.3. The van der Waals surface area contributed by atoms with E-state index in [4.69, 9.17) is 9.47 Å². The molecule has 0 bridgehead atoms. The largest absolute Gasteiger partial charge is 0.492 e. The highest BCUT2D eigenvalue weighted by atomic mass is 79.9. The van der Waals surface area contributed by atoms with E-state index >= 15 is 0 Å². The summed E-state index contributed by atoms with van der Waals surface area (Å²) in [6, 6.07) is 13.3. The van der Waals surface area contributed by atoms with E-state index in [9.17, 15) is 4.79 Å². The van der Waals surface area contributed by atoms with Gasteiger partial charge in [-0.15, -0.1) is 0 Å². The number of amides is 1. The van der Waals surface area contributed by atoms with Crippen LogP contribution in [-0.4, -0.2) is 19.1 Å². The second kappa shape index (κ2) is 8.39. The summed E-state index contributed by atoms with van der Waals surface area (Å²) in [7, 11) is 0. The van der Waals surface area contributed by atoms with Gasteiger partial charge in [0.15, 0.2) is 6.61 Å². The zero-order valence-corrected chi connectivity index (χ0v) is 16.6. The second-order valence-corrected chi connectivity index (χ2v) is 7.52. The van der Waals surface area contributed by atoms with E-state index in [0.717, 1.165) is 4.47 Å². The fourth-order valence-electron chi connectivity index (χ4n) is 2.27. The van der Waals surface area contributed by atoms with E-state index in [-0.39, 0.29) is 17.9 Å². The Morgan fingerprint density at radius 2 is 1.80 bits per heavy atom. The molecule has 0 aliphatic rings. The Hall–Kier alpha value is -2.01. The van der Waals surface area contributed by atoms with Gasteiger partial charge >= 0.3 is 0 Å². The van der Waals surface area contributed by atoms with E-state index in [2.05, 4.69) is 42.0 Å². The minimum absolute atomic E-state index is 0.0570. The van der Waals surface area contributed by atoms with Crippen molar-refractivity contribution in [3.05, 3.63) is 52.5 Å². The summed E-state index contributed by atoms with van der Waals surface area (Å²) in [6.07, 6.45) is 0. The number of ether oxygens (including phenoxy) is 2. The first-order chi connectivity index (χ1) is 11.8. The number of hydrogen-bond donors (Lipinski definition) is 1. The average molecular weight is 406 g/mol. The summed E-state index contributed by atoms with van der Waals surface area (Å²) in [5.41, 5.74) is 1.89. The van der Waals surface area contributed by atoms with E-state index in [1.165, 1.54) is 5.56 Å². The molecule has 0 saturated carbocycles. The third kappa shape index (κ3) is 5.49. The molecule has 25 heavy (non-hydrogen) atoms. The summed E-state index contributed by atoms with van der Waals surface area (Å²) < 4.78 is 12.0. The van der Waals surface area contributed by atoms with Crippen molar-refractivity contribution < 1.29 is 14.3 Å². The lowest BCUT2D eigenvalue weighted by Crippen LogP contribution is -2.21. The summed E-state index contributed by atoms with van der Waals surface area (Å²) in [6.45, 7) is 8.82. The summed E-state index contributed by atoms with van der Waals surface area (Å²) >= 11 is 3.51. The normalized spacial score (nSPS) is 11.1. The Morgan fingerprint density at radius 1 is 1.08 bits per heavy atom. The average Bonchev–Trinajstić information content (AvgIpc) is 2.55. The third-order valence-electron chi connectivity index (χ3n) is 3.62. The van der Waals surface area contributed by atoms with Crippen LogP contribution in [0.25, 0.3) is 0 Å². The molecular formula is C20H24BrNO3. The number of anilines is 1. The van der Waals surface area contributed by atoms with Crippen LogP contribution < -0.4 is 14.8 Å². The maximum atomic E-state index is 12.2. The fraction of sp³-hybridized carbons (Fsp3) is 0.350. The van der Waals surface area contributed by atoms with Crippen LogP contribution in [0.3, 0.4) is 0 Å². The fourth-order valence-corrected chi connectivity index (χ4v) is 2.76. The lowest BCUT2D eigenvalue weighted by atomic mass is 9.87. The van der Waals surface area contributed by atoms with Crippen LogP contribution in [0.15, 0.2) is 46.9 Å². The van der Waals surface area contributed by atoms with Gasteiger partial charge in [0, 0.05) is 0 Å². The van der Waals surface area contributed by atoms with Crippen LogP contribution in [0.1, 0.15) is 33.3 Å². The van der Waals surface area contributed by atoms with Gasteiger partial charge in [0.1, 0.15) is 11.5 Å². The molecule has 1 amide bonds. The zero-order chi connectivity index (χ0) is 18.4. The smallest absolute Gasteiger partial charge is 0.262 e. The Kier molecular flexibility index (Phi) is 6.48. The predicted molar refractivity (Wildman–Crippen MR) is 105 cm³/mol. The molecule has 0 aliphatic carbocycles. The standard InChI is InChI=1S/C20H24BrNO3/c1-5-24-18-9-7-6-8-16(18)22-19(23)13-25-17-11-10-14(12-15(17)21)20(2,3)4/h6-12H,5,13H2,1-4H3,(H,22,23). The quantitative estimate of drug-likeness (QED) is 0.721. The van der Waals surface area contributed by atoms with E-state index in [1.54, 1.807) is 6.07 Å². The van der Waals surface area contributed by atoms with Crippen molar-refractivity contribution in [2.24, 2.45) is 0 Å². The van der Waals surface area contributed by atoms with Crippen LogP contribution in [0.4, 0.5) is 5.69 Å². The van der Waals surface area contributed by atoms with Crippen molar-refractivity contribution in [2.75, 3.05) is 18.5 Å². The molecule has 0 aromatic heterocycles. The van der Waals surface area contributed by atoms with Crippen LogP contribution in [-0.2, 0) is 10.2 Å². The Balaban J connectivity index is 1.99. The zero-order valence-electron chi connectivity index (χ0n) is 15.1. The molecule has 2 rings (SSSR count). The van der Waals surface area contributed by atoms with Crippen molar-refractivity contribution in [3.63, 3.8) is 0 Å².